The van der Waals surface area contributed by atoms with E-state index < -0.39 is 0 Å². The summed E-state index contributed by atoms with van der Waals surface area (Å²) < 4.78 is 13.7. The van der Waals surface area contributed by atoms with Gasteiger partial charge in [-0.15, -0.1) is 0 Å². The fraction of sp³-hybridized carbons (Fsp3) is 0.207. The van der Waals surface area contributed by atoms with Crippen LogP contribution in [0.15, 0.2) is 72.9 Å². The number of fused-ring (bicyclic) bond motifs is 5. The van der Waals surface area contributed by atoms with Gasteiger partial charge in [0.1, 0.15) is 5.82 Å². The van der Waals surface area contributed by atoms with Crippen molar-refractivity contribution in [1.82, 2.24) is 4.98 Å². The molecular weight excluding hydrogens is 381 g/mol. The van der Waals surface area contributed by atoms with Crippen molar-refractivity contribution in [2.45, 2.75) is 39.5 Å². The Bertz CT molecular complexity index is 1420. The van der Waals surface area contributed by atoms with Crippen LogP contribution in [0.1, 0.15) is 50.7 Å². The Kier molecular flexibility index (Phi) is 4.74. The summed E-state index contributed by atoms with van der Waals surface area (Å²) in [6.45, 7) is 8.95. The molecule has 0 saturated heterocycles. The van der Waals surface area contributed by atoms with Crippen molar-refractivity contribution < 1.29 is 4.39 Å². The van der Waals surface area contributed by atoms with Crippen LogP contribution in [0.4, 0.5) is 4.39 Å². The number of nitrogens with zero attached hydrogens (tertiary/aromatic N) is 1. The van der Waals surface area contributed by atoms with Gasteiger partial charge in [0, 0.05) is 17.1 Å². The van der Waals surface area contributed by atoms with E-state index in [1.54, 1.807) is 6.07 Å². The van der Waals surface area contributed by atoms with Crippen molar-refractivity contribution in [3.8, 4) is 11.3 Å². The van der Waals surface area contributed by atoms with Crippen LogP contribution in [0.5, 0.6) is 0 Å². The lowest BCUT2D eigenvalue weighted by atomic mass is 9.90. The van der Waals surface area contributed by atoms with Crippen LogP contribution >= 0.6 is 0 Å². The third-order valence-corrected chi connectivity index (χ3v) is 6.30. The summed E-state index contributed by atoms with van der Waals surface area (Å²) in [6.07, 6.45) is 1.91. The van der Waals surface area contributed by atoms with Crippen LogP contribution in [0, 0.1) is 5.82 Å². The molecule has 154 valence electrons. The van der Waals surface area contributed by atoms with Gasteiger partial charge < -0.3 is 0 Å². The van der Waals surface area contributed by atoms with Crippen molar-refractivity contribution in [2.75, 3.05) is 0 Å². The smallest absolute Gasteiger partial charge is 0.123 e. The zero-order valence-electron chi connectivity index (χ0n) is 18.4. The first-order valence-electron chi connectivity index (χ1n) is 11.0. The van der Waals surface area contributed by atoms with E-state index in [1.165, 1.54) is 33.5 Å². The molecule has 0 fully saturated rings. The summed E-state index contributed by atoms with van der Waals surface area (Å²) in [4.78, 5) is 4.81. The summed E-state index contributed by atoms with van der Waals surface area (Å²) in [5.74, 6) is 0.713. The Morgan fingerprint density at radius 1 is 0.613 bits per heavy atom. The van der Waals surface area contributed by atoms with Crippen molar-refractivity contribution in [2.24, 2.45) is 0 Å². The standard InChI is InChI=1S/C29H26FN/c1-17(2)20-13-21(18(3)4)15-22(14-20)29-28-10-9-25-24-8-6-23(30)16-19(24)5-7-26(25)27(28)11-12-31-29/h5-18H,1-4H3. The summed E-state index contributed by atoms with van der Waals surface area (Å²) in [7, 11) is 0. The molecule has 0 N–H and O–H groups in total. The predicted octanol–water partition coefficient (Wildman–Crippen LogP) is 8.59. The molecule has 0 amide bonds. The molecule has 5 aromatic rings. The number of pyridine rings is 1. The molecule has 1 aromatic heterocycles. The van der Waals surface area contributed by atoms with E-state index in [9.17, 15) is 4.39 Å². The molecule has 0 aliphatic carbocycles. The van der Waals surface area contributed by atoms with Crippen LogP contribution in [0.3, 0.4) is 0 Å². The average molecular weight is 408 g/mol. The monoisotopic (exact) mass is 407 g/mol. The van der Waals surface area contributed by atoms with Gasteiger partial charge >= 0.3 is 0 Å². The molecule has 1 heterocycles. The molecule has 0 aliphatic rings. The largest absolute Gasteiger partial charge is 0.256 e. The van der Waals surface area contributed by atoms with E-state index >= 15 is 0 Å². The molecule has 31 heavy (non-hydrogen) atoms. The zero-order chi connectivity index (χ0) is 21.7. The Labute approximate surface area is 182 Å². The highest BCUT2D eigenvalue weighted by atomic mass is 19.1. The molecule has 0 spiro atoms. The second-order valence-electron chi connectivity index (χ2n) is 9.04. The van der Waals surface area contributed by atoms with Crippen molar-refractivity contribution in [3.63, 3.8) is 0 Å². The van der Waals surface area contributed by atoms with Crippen LogP contribution in [0.25, 0.3) is 43.6 Å². The second-order valence-corrected chi connectivity index (χ2v) is 9.04. The lowest BCUT2D eigenvalue weighted by Crippen LogP contribution is -1.96. The maximum atomic E-state index is 13.7. The molecule has 5 rings (SSSR count). The maximum Gasteiger partial charge on any atom is 0.123 e. The number of hydrogen-bond donors (Lipinski definition) is 0. The minimum absolute atomic E-state index is 0.204. The van der Waals surface area contributed by atoms with E-state index in [2.05, 4.69) is 70.2 Å². The average Bonchev–Trinajstić information content (AvgIpc) is 2.77. The minimum Gasteiger partial charge on any atom is -0.256 e. The normalized spacial score (nSPS) is 12.0. The third kappa shape index (κ3) is 3.37. The van der Waals surface area contributed by atoms with Crippen LogP contribution < -0.4 is 0 Å². The van der Waals surface area contributed by atoms with Crippen LogP contribution in [0.2, 0.25) is 0 Å². The highest BCUT2D eigenvalue weighted by molar-refractivity contribution is 6.18. The maximum absolute atomic E-state index is 13.7. The van der Waals surface area contributed by atoms with Crippen LogP contribution in [-0.4, -0.2) is 4.98 Å². The first-order chi connectivity index (χ1) is 14.9. The van der Waals surface area contributed by atoms with E-state index in [1.807, 2.05) is 18.3 Å². The highest BCUT2D eigenvalue weighted by Gasteiger charge is 2.13. The summed E-state index contributed by atoms with van der Waals surface area (Å²) in [6, 6.07) is 22.4. The summed E-state index contributed by atoms with van der Waals surface area (Å²) in [5, 5.41) is 6.63. The van der Waals surface area contributed by atoms with E-state index in [0.717, 1.165) is 27.2 Å². The molecule has 4 aromatic carbocycles. The molecule has 0 atom stereocenters. The van der Waals surface area contributed by atoms with Crippen LogP contribution in [-0.2, 0) is 0 Å². The van der Waals surface area contributed by atoms with E-state index in [0.29, 0.717) is 11.8 Å². The molecule has 1 nitrogen and oxygen atoms in total. The lowest BCUT2D eigenvalue weighted by Gasteiger charge is -2.16. The van der Waals surface area contributed by atoms with Crippen molar-refractivity contribution >= 4 is 32.3 Å². The van der Waals surface area contributed by atoms with E-state index in [4.69, 9.17) is 4.98 Å². The number of hydrogen-bond acceptors (Lipinski definition) is 1. The molecule has 0 saturated carbocycles. The van der Waals surface area contributed by atoms with Gasteiger partial charge in [0.2, 0.25) is 0 Å². The number of halogens is 1. The zero-order valence-corrected chi connectivity index (χ0v) is 18.4. The fourth-order valence-electron chi connectivity index (χ4n) is 4.49. The molecular formula is C29H26FN. The van der Waals surface area contributed by atoms with Gasteiger partial charge in [-0.1, -0.05) is 64.1 Å². The minimum atomic E-state index is -0.204. The Hall–Kier alpha value is -3.26. The third-order valence-electron chi connectivity index (χ3n) is 6.30. The molecule has 0 aliphatic heterocycles. The molecule has 0 radical (unpaired) electrons. The van der Waals surface area contributed by atoms with E-state index in [-0.39, 0.29) is 5.82 Å². The number of benzene rings is 4. The number of rotatable bonds is 3. The van der Waals surface area contributed by atoms with Crippen molar-refractivity contribution in [1.29, 1.82) is 0 Å². The SMILES string of the molecule is CC(C)c1cc(-c2nccc3c2ccc2c4ccc(F)cc4ccc32)cc(C(C)C)c1. The quantitative estimate of drug-likeness (QED) is 0.273. The van der Waals surface area contributed by atoms with Gasteiger partial charge in [0.25, 0.3) is 0 Å². The Morgan fingerprint density at radius 3 is 1.90 bits per heavy atom. The Morgan fingerprint density at radius 2 is 1.19 bits per heavy atom. The first-order valence-corrected chi connectivity index (χ1v) is 11.0. The van der Waals surface area contributed by atoms with Gasteiger partial charge in [-0.05, 0) is 80.2 Å². The second kappa shape index (κ2) is 7.46. The molecule has 2 heteroatoms. The van der Waals surface area contributed by atoms with Gasteiger partial charge in [-0.3, -0.25) is 4.98 Å². The van der Waals surface area contributed by atoms with Crippen molar-refractivity contribution in [3.05, 3.63) is 89.9 Å². The highest BCUT2D eigenvalue weighted by Crippen LogP contribution is 2.36. The summed E-state index contributed by atoms with van der Waals surface area (Å²) >= 11 is 0. The Balaban J connectivity index is 1.80. The molecule has 0 bridgehead atoms. The van der Waals surface area contributed by atoms with Gasteiger partial charge in [0.15, 0.2) is 0 Å². The first kappa shape index (κ1) is 19.7. The van der Waals surface area contributed by atoms with Gasteiger partial charge in [-0.25, -0.2) is 4.39 Å². The van der Waals surface area contributed by atoms with Gasteiger partial charge in [0.05, 0.1) is 5.69 Å². The van der Waals surface area contributed by atoms with Gasteiger partial charge in [-0.2, -0.15) is 0 Å². The lowest BCUT2D eigenvalue weighted by molar-refractivity contribution is 0.630. The fourth-order valence-corrected chi connectivity index (χ4v) is 4.49. The topological polar surface area (TPSA) is 12.9 Å². The summed E-state index contributed by atoms with van der Waals surface area (Å²) in [5.41, 5.74) is 4.87. The predicted molar refractivity (Wildman–Crippen MR) is 130 cm³/mol. The number of aromatic nitrogens is 1. The molecule has 0 unspecified atom stereocenters.